The number of hydrogen-bond acceptors (Lipinski definition) is 3. The van der Waals surface area contributed by atoms with Gasteiger partial charge in [0.1, 0.15) is 5.75 Å². The predicted octanol–water partition coefficient (Wildman–Crippen LogP) is 3.75. The first-order valence-electron chi connectivity index (χ1n) is 9.05. The van der Waals surface area contributed by atoms with Crippen LogP contribution in [0.3, 0.4) is 0 Å². The van der Waals surface area contributed by atoms with E-state index < -0.39 is 0 Å². The summed E-state index contributed by atoms with van der Waals surface area (Å²) in [4.78, 5) is 4.54. The Bertz CT molecular complexity index is 452. The van der Waals surface area contributed by atoms with Gasteiger partial charge in [0, 0.05) is 32.8 Å². The number of aliphatic imine (C=N–C) groups is 1. The third-order valence-corrected chi connectivity index (χ3v) is 3.42. The number of nitrogens with zero attached hydrogens (tertiary/aromatic N) is 1. The van der Waals surface area contributed by atoms with Gasteiger partial charge in [-0.05, 0) is 52.2 Å². The Labute approximate surface area is 170 Å². The summed E-state index contributed by atoms with van der Waals surface area (Å²) in [6.07, 6.45) is 3.02. The Morgan fingerprint density at radius 2 is 1.76 bits per heavy atom. The summed E-state index contributed by atoms with van der Waals surface area (Å²) in [5.74, 6) is 1.83. The van der Waals surface area contributed by atoms with Crippen LogP contribution in [0.4, 0.5) is 0 Å². The number of halogens is 1. The average molecular weight is 463 g/mol. The van der Waals surface area contributed by atoms with Crippen LogP contribution in [-0.2, 0) is 4.74 Å². The fourth-order valence-corrected chi connectivity index (χ4v) is 2.10. The lowest BCUT2D eigenvalue weighted by Crippen LogP contribution is -2.38. The van der Waals surface area contributed by atoms with E-state index in [4.69, 9.17) is 9.47 Å². The molecule has 0 aromatic heterocycles. The number of hydrogen-bond donors (Lipinski definition) is 2. The molecule has 0 unspecified atom stereocenters. The molecular formula is C19H34IN3O2. The van der Waals surface area contributed by atoms with Crippen LogP contribution in [0.5, 0.6) is 5.75 Å². The molecule has 1 aromatic rings. The van der Waals surface area contributed by atoms with Crippen molar-refractivity contribution in [2.75, 3.05) is 39.5 Å². The van der Waals surface area contributed by atoms with Crippen molar-refractivity contribution in [3.63, 3.8) is 0 Å². The molecule has 5 nitrogen and oxygen atoms in total. The Morgan fingerprint density at radius 1 is 1.00 bits per heavy atom. The van der Waals surface area contributed by atoms with Gasteiger partial charge in [0.05, 0.1) is 6.61 Å². The van der Waals surface area contributed by atoms with E-state index in [2.05, 4.69) is 41.6 Å². The summed E-state index contributed by atoms with van der Waals surface area (Å²) in [5, 5.41) is 6.62. The van der Waals surface area contributed by atoms with Crippen molar-refractivity contribution in [1.82, 2.24) is 10.6 Å². The molecule has 25 heavy (non-hydrogen) atoms. The van der Waals surface area contributed by atoms with Gasteiger partial charge in [-0.2, -0.15) is 0 Å². The van der Waals surface area contributed by atoms with Crippen LogP contribution in [-0.4, -0.2) is 45.4 Å². The topological polar surface area (TPSA) is 54.9 Å². The van der Waals surface area contributed by atoms with Crippen LogP contribution in [0, 0.1) is 6.92 Å². The number of ether oxygens (including phenoxy) is 2. The zero-order valence-electron chi connectivity index (χ0n) is 15.8. The molecule has 0 heterocycles. The van der Waals surface area contributed by atoms with Crippen LogP contribution < -0.4 is 15.4 Å². The largest absolute Gasteiger partial charge is 0.494 e. The van der Waals surface area contributed by atoms with E-state index in [1.54, 1.807) is 0 Å². The third kappa shape index (κ3) is 12.9. The first kappa shape index (κ1) is 24.0. The van der Waals surface area contributed by atoms with E-state index in [9.17, 15) is 0 Å². The summed E-state index contributed by atoms with van der Waals surface area (Å²) in [5.41, 5.74) is 1.25. The first-order chi connectivity index (χ1) is 11.8. The van der Waals surface area contributed by atoms with Crippen molar-refractivity contribution < 1.29 is 9.47 Å². The lowest BCUT2D eigenvalue weighted by atomic mass is 10.2. The molecule has 0 saturated carbocycles. The zero-order chi connectivity index (χ0) is 17.5. The van der Waals surface area contributed by atoms with Crippen molar-refractivity contribution in [2.45, 2.75) is 40.0 Å². The fraction of sp³-hybridized carbons (Fsp3) is 0.632. The lowest BCUT2D eigenvalue weighted by Gasteiger charge is -2.11. The van der Waals surface area contributed by atoms with Crippen LogP contribution in [0.15, 0.2) is 29.3 Å². The van der Waals surface area contributed by atoms with E-state index in [0.29, 0.717) is 0 Å². The van der Waals surface area contributed by atoms with E-state index in [-0.39, 0.29) is 24.0 Å². The molecule has 0 radical (unpaired) electrons. The smallest absolute Gasteiger partial charge is 0.191 e. The molecule has 6 heteroatoms. The van der Waals surface area contributed by atoms with Crippen LogP contribution in [0.25, 0.3) is 0 Å². The van der Waals surface area contributed by atoms with E-state index in [1.807, 2.05) is 19.1 Å². The first-order valence-corrected chi connectivity index (χ1v) is 9.05. The second kappa shape index (κ2) is 16.4. The normalized spacial score (nSPS) is 10.9. The third-order valence-electron chi connectivity index (χ3n) is 3.42. The molecule has 0 aliphatic heterocycles. The Kier molecular flexibility index (Phi) is 15.8. The highest BCUT2D eigenvalue weighted by molar-refractivity contribution is 14.0. The molecule has 1 rings (SSSR count). The van der Waals surface area contributed by atoms with Gasteiger partial charge < -0.3 is 20.1 Å². The summed E-state index contributed by atoms with van der Waals surface area (Å²) < 4.78 is 11.1. The highest BCUT2D eigenvalue weighted by Gasteiger charge is 1.97. The summed E-state index contributed by atoms with van der Waals surface area (Å²) in [6.45, 7) is 11.0. The number of nitrogens with one attached hydrogen (secondary N) is 2. The number of rotatable bonds is 12. The molecule has 2 N–H and O–H groups in total. The molecule has 0 atom stereocenters. The second-order valence-electron chi connectivity index (χ2n) is 5.61. The number of unbranched alkanes of at least 4 members (excludes halogenated alkanes) is 1. The van der Waals surface area contributed by atoms with Crippen LogP contribution in [0.2, 0.25) is 0 Å². The molecule has 0 fully saturated rings. The van der Waals surface area contributed by atoms with Crippen molar-refractivity contribution in [3.8, 4) is 5.75 Å². The van der Waals surface area contributed by atoms with Crippen molar-refractivity contribution in [1.29, 1.82) is 0 Å². The lowest BCUT2D eigenvalue weighted by molar-refractivity contribution is 0.146. The molecule has 1 aromatic carbocycles. The minimum atomic E-state index is 0. The van der Waals surface area contributed by atoms with Crippen molar-refractivity contribution >= 4 is 29.9 Å². The second-order valence-corrected chi connectivity index (χ2v) is 5.61. The van der Waals surface area contributed by atoms with Gasteiger partial charge in [0.2, 0.25) is 0 Å². The summed E-state index contributed by atoms with van der Waals surface area (Å²) in [7, 11) is 0. The van der Waals surface area contributed by atoms with E-state index in [1.165, 1.54) is 5.56 Å². The van der Waals surface area contributed by atoms with Gasteiger partial charge in [-0.15, -0.1) is 24.0 Å². The van der Waals surface area contributed by atoms with Gasteiger partial charge in [-0.1, -0.05) is 17.7 Å². The maximum Gasteiger partial charge on any atom is 0.191 e. The molecule has 0 saturated heterocycles. The van der Waals surface area contributed by atoms with E-state index in [0.717, 1.165) is 70.4 Å². The van der Waals surface area contributed by atoms with Gasteiger partial charge in [-0.3, -0.25) is 4.99 Å². The summed E-state index contributed by atoms with van der Waals surface area (Å²) in [6, 6.07) is 8.18. The highest BCUT2D eigenvalue weighted by Crippen LogP contribution is 2.11. The van der Waals surface area contributed by atoms with Gasteiger partial charge in [0.15, 0.2) is 5.96 Å². The number of guanidine groups is 1. The molecule has 0 bridgehead atoms. The van der Waals surface area contributed by atoms with Crippen LogP contribution in [0.1, 0.15) is 38.7 Å². The van der Waals surface area contributed by atoms with Crippen molar-refractivity contribution in [2.24, 2.45) is 4.99 Å². The van der Waals surface area contributed by atoms with Crippen LogP contribution >= 0.6 is 24.0 Å². The molecule has 0 aliphatic rings. The monoisotopic (exact) mass is 463 g/mol. The predicted molar refractivity (Wildman–Crippen MR) is 116 cm³/mol. The molecular weight excluding hydrogens is 429 g/mol. The Morgan fingerprint density at radius 3 is 2.44 bits per heavy atom. The van der Waals surface area contributed by atoms with E-state index >= 15 is 0 Å². The van der Waals surface area contributed by atoms with Crippen molar-refractivity contribution in [3.05, 3.63) is 29.8 Å². The number of aryl methyl sites for hydroxylation is 1. The maximum absolute atomic E-state index is 5.73. The SMILES string of the molecule is CCNC(=NCCCOCC)NCCCCOc1ccc(C)cc1.I. The minimum Gasteiger partial charge on any atom is -0.494 e. The fourth-order valence-electron chi connectivity index (χ4n) is 2.10. The molecule has 0 spiro atoms. The maximum atomic E-state index is 5.73. The number of benzene rings is 1. The standard InChI is InChI=1S/C19H33N3O2.HI/c1-4-20-19(22-14-8-15-23-5-2)21-13-6-7-16-24-18-11-9-17(3)10-12-18;/h9-12H,4-8,13-16H2,1-3H3,(H2,20,21,22);1H. The summed E-state index contributed by atoms with van der Waals surface area (Å²) >= 11 is 0. The Hall–Kier alpha value is -1.02. The highest BCUT2D eigenvalue weighted by atomic mass is 127. The molecule has 0 aliphatic carbocycles. The minimum absolute atomic E-state index is 0. The Balaban J connectivity index is 0.00000576. The average Bonchev–Trinajstić information content (AvgIpc) is 2.59. The zero-order valence-corrected chi connectivity index (χ0v) is 18.2. The quantitative estimate of drug-likeness (QED) is 0.215. The van der Waals surface area contributed by atoms with Gasteiger partial charge in [-0.25, -0.2) is 0 Å². The molecule has 0 amide bonds. The molecule has 144 valence electrons. The van der Waals surface area contributed by atoms with Gasteiger partial charge in [0.25, 0.3) is 0 Å². The van der Waals surface area contributed by atoms with Gasteiger partial charge >= 0.3 is 0 Å².